The van der Waals surface area contributed by atoms with E-state index in [0.29, 0.717) is 16.6 Å². The first-order chi connectivity index (χ1) is 9.52. The van der Waals surface area contributed by atoms with Crippen molar-refractivity contribution in [3.8, 4) is 0 Å². The minimum Gasteiger partial charge on any atom is -0.392 e. The average molecular weight is 317 g/mol. The Morgan fingerprint density at radius 2 is 2.10 bits per heavy atom. The van der Waals surface area contributed by atoms with Gasteiger partial charge in [-0.2, -0.15) is 4.39 Å². The number of aromatic nitrogens is 3. The highest BCUT2D eigenvalue weighted by Crippen LogP contribution is 2.32. The number of nitrogen functional groups attached to an aromatic ring is 1. The van der Waals surface area contributed by atoms with Crippen molar-refractivity contribution in [2.45, 2.75) is 18.2 Å². The molecule has 5 N–H and O–H groups in total. The molecule has 0 radical (unpaired) electrons. The Hall–Kier alpha value is -1.74. The number of aliphatic hydroxyl groups is 3. The topological polar surface area (TPSA) is 117 Å². The number of hydrogen-bond donors (Lipinski definition) is 4. The van der Waals surface area contributed by atoms with Gasteiger partial charge in [0.05, 0.1) is 24.5 Å². The molecule has 0 fully saturated rings. The number of hydrogen-bond acceptors (Lipinski definition) is 6. The summed E-state index contributed by atoms with van der Waals surface area (Å²) in [5, 5.41) is 28.9. The first-order valence-corrected chi connectivity index (χ1v) is 5.99. The molecule has 0 saturated carbocycles. The summed E-state index contributed by atoms with van der Waals surface area (Å²) < 4.78 is 14.9. The lowest BCUT2D eigenvalue weighted by molar-refractivity contribution is 0.0288. The van der Waals surface area contributed by atoms with Gasteiger partial charge in [0.25, 0.3) is 0 Å². The smallest absolute Gasteiger partial charge is 0.217 e. The Morgan fingerprint density at radius 3 is 2.71 bits per heavy atom. The summed E-state index contributed by atoms with van der Waals surface area (Å²) in [4.78, 5) is 7.51. The van der Waals surface area contributed by atoms with Crippen LogP contribution in [0.1, 0.15) is 6.04 Å². The third kappa shape index (κ3) is 2.36. The summed E-state index contributed by atoms with van der Waals surface area (Å²) in [6, 6.07) is 0.501. The van der Waals surface area contributed by atoms with Gasteiger partial charge in [-0.15, -0.1) is 12.4 Å². The first-order valence-electron chi connectivity index (χ1n) is 5.99. The SMILES string of the molecule is Cl.Nc1nc(F)cc2c1ncn2[C@@H]1C=C(CO)[C@@H](O)[C@H]1O. The Bertz CT molecular complexity index is 705. The number of nitrogens with two attached hydrogens (primary N) is 1. The van der Waals surface area contributed by atoms with Crippen LogP contribution in [-0.2, 0) is 0 Å². The Kier molecular flexibility index (Phi) is 4.15. The molecule has 0 spiro atoms. The summed E-state index contributed by atoms with van der Waals surface area (Å²) in [5.41, 5.74) is 6.58. The molecule has 0 unspecified atom stereocenters. The number of halogens is 2. The third-order valence-electron chi connectivity index (χ3n) is 3.50. The van der Waals surface area contributed by atoms with Gasteiger partial charge in [0.1, 0.15) is 17.7 Å². The van der Waals surface area contributed by atoms with Crippen LogP contribution in [0.2, 0.25) is 0 Å². The molecule has 0 saturated heterocycles. The maximum atomic E-state index is 13.4. The molecule has 0 amide bonds. The number of aliphatic hydroxyl groups excluding tert-OH is 3. The molecular weight excluding hydrogens is 303 g/mol. The van der Waals surface area contributed by atoms with Gasteiger partial charge >= 0.3 is 0 Å². The van der Waals surface area contributed by atoms with Gasteiger partial charge in [0.2, 0.25) is 5.95 Å². The standard InChI is InChI=1S/C12H13FN4O3.ClH/c13-8-2-6-9(12(14)16-8)15-4-17(6)7-1-5(3-18)10(19)11(7)20;/h1-2,4,7,10-11,18-20H,3H2,(H2,14,16);1H/t7-,10-,11+;/m1./s1. The fourth-order valence-electron chi connectivity index (χ4n) is 2.48. The summed E-state index contributed by atoms with van der Waals surface area (Å²) in [7, 11) is 0. The lowest BCUT2D eigenvalue weighted by Crippen LogP contribution is -2.29. The number of pyridine rings is 1. The van der Waals surface area contributed by atoms with E-state index in [4.69, 9.17) is 10.8 Å². The zero-order valence-electron chi connectivity index (χ0n) is 10.7. The molecule has 2 aromatic rings. The summed E-state index contributed by atoms with van der Waals surface area (Å²) in [6.45, 7) is -0.362. The van der Waals surface area contributed by atoms with Crippen molar-refractivity contribution in [1.29, 1.82) is 0 Å². The van der Waals surface area contributed by atoms with E-state index >= 15 is 0 Å². The van der Waals surface area contributed by atoms with Crippen LogP contribution in [0.3, 0.4) is 0 Å². The average Bonchev–Trinajstić information content (AvgIpc) is 2.93. The molecule has 0 aromatic carbocycles. The first kappa shape index (κ1) is 15.6. The van der Waals surface area contributed by atoms with Crippen LogP contribution in [0.5, 0.6) is 0 Å². The minimum atomic E-state index is -1.16. The zero-order chi connectivity index (χ0) is 14.4. The number of imidazole rings is 1. The van der Waals surface area contributed by atoms with E-state index in [1.807, 2.05) is 0 Å². The van der Waals surface area contributed by atoms with Gasteiger partial charge < -0.3 is 25.6 Å². The second kappa shape index (κ2) is 5.57. The highest BCUT2D eigenvalue weighted by molar-refractivity contribution is 5.85. The van der Waals surface area contributed by atoms with E-state index < -0.39 is 24.2 Å². The van der Waals surface area contributed by atoms with Crippen molar-refractivity contribution < 1.29 is 19.7 Å². The zero-order valence-corrected chi connectivity index (χ0v) is 11.5. The quantitative estimate of drug-likeness (QED) is 0.449. The molecule has 1 aliphatic rings. The highest BCUT2D eigenvalue weighted by atomic mass is 35.5. The molecule has 3 rings (SSSR count). The Labute approximate surface area is 125 Å². The predicted molar refractivity (Wildman–Crippen MR) is 75.4 cm³/mol. The van der Waals surface area contributed by atoms with Crippen LogP contribution in [0.15, 0.2) is 24.0 Å². The number of rotatable bonds is 2. The number of nitrogens with zero attached hydrogens (tertiary/aromatic N) is 3. The van der Waals surface area contributed by atoms with Crippen molar-refractivity contribution in [1.82, 2.24) is 14.5 Å². The van der Waals surface area contributed by atoms with Gasteiger partial charge in [-0.25, -0.2) is 9.97 Å². The van der Waals surface area contributed by atoms with Gasteiger partial charge in [0, 0.05) is 6.07 Å². The maximum Gasteiger partial charge on any atom is 0.217 e. The predicted octanol–water partition coefficient (Wildman–Crippen LogP) is -0.230. The molecule has 1 aliphatic carbocycles. The Balaban J connectivity index is 0.00000161. The highest BCUT2D eigenvalue weighted by Gasteiger charge is 2.36. The van der Waals surface area contributed by atoms with Gasteiger partial charge in [-0.1, -0.05) is 6.08 Å². The fraction of sp³-hybridized carbons (Fsp3) is 0.333. The molecule has 0 bridgehead atoms. The number of anilines is 1. The van der Waals surface area contributed by atoms with Crippen LogP contribution in [-0.4, -0.2) is 48.7 Å². The lowest BCUT2D eigenvalue weighted by atomic mass is 10.1. The van der Waals surface area contributed by atoms with Crippen LogP contribution in [0, 0.1) is 5.95 Å². The van der Waals surface area contributed by atoms with Crippen molar-refractivity contribution in [3.05, 3.63) is 30.0 Å². The van der Waals surface area contributed by atoms with E-state index in [-0.39, 0.29) is 24.8 Å². The second-order valence-electron chi connectivity index (χ2n) is 4.68. The fourth-order valence-corrected chi connectivity index (χ4v) is 2.48. The normalized spacial score (nSPS) is 25.0. The summed E-state index contributed by atoms with van der Waals surface area (Å²) in [5.74, 6) is -0.797. The van der Waals surface area contributed by atoms with Crippen LogP contribution < -0.4 is 5.73 Å². The molecule has 0 aliphatic heterocycles. The van der Waals surface area contributed by atoms with Crippen LogP contribution in [0.4, 0.5) is 10.2 Å². The van der Waals surface area contributed by atoms with Crippen LogP contribution in [0.25, 0.3) is 11.0 Å². The molecule has 114 valence electrons. The summed E-state index contributed by atoms with van der Waals surface area (Å²) in [6.07, 6.45) is 0.614. The molecule has 3 atom stereocenters. The van der Waals surface area contributed by atoms with Crippen molar-refractivity contribution in [2.75, 3.05) is 12.3 Å². The van der Waals surface area contributed by atoms with Gasteiger partial charge in [0.15, 0.2) is 5.82 Å². The van der Waals surface area contributed by atoms with E-state index in [9.17, 15) is 14.6 Å². The molecule has 2 heterocycles. The largest absolute Gasteiger partial charge is 0.392 e. The number of fused-ring (bicyclic) bond motifs is 1. The van der Waals surface area contributed by atoms with Crippen molar-refractivity contribution in [3.63, 3.8) is 0 Å². The molecular formula is C12H14ClFN4O3. The maximum absolute atomic E-state index is 13.4. The third-order valence-corrected chi connectivity index (χ3v) is 3.50. The minimum absolute atomic E-state index is 0. The van der Waals surface area contributed by atoms with Gasteiger partial charge in [-0.3, -0.25) is 0 Å². The Morgan fingerprint density at radius 1 is 1.38 bits per heavy atom. The molecule has 7 nitrogen and oxygen atoms in total. The monoisotopic (exact) mass is 316 g/mol. The van der Waals surface area contributed by atoms with Crippen molar-refractivity contribution in [2.24, 2.45) is 0 Å². The summed E-state index contributed by atoms with van der Waals surface area (Å²) >= 11 is 0. The van der Waals surface area contributed by atoms with Gasteiger partial charge in [-0.05, 0) is 5.57 Å². The van der Waals surface area contributed by atoms with Crippen LogP contribution >= 0.6 is 12.4 Å². The lowest BCUT2D eigenvalue weighted by Gasteiger charge is -2.19. The van der Waals surface area contributed by atoms with E-state index in [2.05, 4.69) is 9.97 Å². The molecule has 21 heavy (non-hydrogen) atoms. The van der Waals surface area contributed by atoms with E-state index in [1.54, 1.807) is 0 Å². The van der Waals surface area contributed by atoms with E-state index in [0.717, 1.165) is 6.07 Å². The molecule has 9 heteroatoms. The second-order valence-corrected chi connectivity index (χ2v) is 4.68. The molecule has 2 aromatic heterocycles. The van der Waals surface area contributed by atoms with E-state index in [1.165, 1.54) is 17.0 Å². The van der Waals surface area contributed by atoms with Crippen molar-refractivity contribution >= 4 is 29.3 Å².